The van der Waals surface area contributed by atoms with E-state index in [4.69, 9.17) is 0 Å². The van der Waals surface area contributed by atoms with Crippen molar-refractivity contribution in [3.63, 3.8) is 0 Å². The van der Waals surface area contributed by atoms with Crippen molar-refractivity contribution in [2.45, 2.75) is 5.92 Å². The smallest absolute Gasteiger partial charge is 0.871 e. The Morgan fingerprint density at radius 3 is 1.50 bits per heavy atom. The molecule has 0 aliphatic heterocycles. The third-order valence-corrected chi connectivity index (χ3v) is 4.01. The Morgan fingerprint density at radius 2 is 1.08 bits per heavy atom. The summed E-state index contributed by atoms with van der Waals surface area (Å²) < 4.78 is 29.8. The van der Waals surface area contributed by atoms with Crippen LogP contribution in [-0.4, -0.2) is 9.97 Å². The maximum atomic E-state index is 14.9. The average molecular weight is 402 g/mol. The van der Waals surface area contributed by atoms with Gasteiger partial charge in [-0.2, -0.15) is 8.78 Å². The van der Waals surface area contributed by atoms with Crippen LogP contribution in [0.2, 0.25) is 0 Å². The summed E-state index contributed by atoms with van der Waals surface area (Å²) >= 11 is 0. The maximum Gasteiger partial charge on any atom is 2.00 e. The van der Waals surface area contributed by atoms with Gasteiger partial charge in [0.2, 0.25) is 0 Å². The molecule has 4 rings (SSSR count). The second-order valence-electron chi connectivity index (χ2n) is 5.62. The number of benzene rings is 2. The third kappa shape index (κ3) is 2.88. The molecule has 0 saturated carbocycles. The van der Waals surface area contributed by atoms with Crippen molar-refractivity contribution < 1.29 is 38.5 Å². The predicted molar refractivity (Wildman–Crippen MR) is 85.4 cm³/mol. The van der Waals surface area contributed by atoms with E-state index in [0.717, 1.165) is 12.1 Å². The molecule has 2 heterocycles. The first kappa shape index (κ1) is 18.1. The number of alkyl halides is 2. The quantitative estimate of drug-likeness (QED) is 0.484. The molecule has 0 bridgehead atoms. The molecule has 0 aliphatic carbocycles. The van der Waals surface area contributed by atoms with E-state index < -0.39 is 28.8 Å². The summed E-state index contributed by atoms with van der Waals surface area (Å²) in [6, 6.07) is 14.1. The van der Waals surface area contributed by atoms with Crippen molar-refractivity contribution in [2.75, 3.05) is 0 Å². The van der Waals surface area contributed by atoms with E-state index in [1.54, 1.807) is 24.3 Å². The van der Waals surface area contributed by atoms with E-state index in [0.29, 0.717) is 10.8 Å². The monoisotopic (exact) mass is 400 g/mol. The van der Waals surface area contributed by atoms with Crippen molar-refractivity contribution >= 4 is 21.8 Å². The molecule has 124 valence electrons. The number of hydrogen-bond donors (Lipinski definition) is 0. The number of pyridine rings is 2. The zero-order chi connectivity index (χ0) is 17.6. The Labute approximate surface area is 159 Å². The minimum absolute atomic E-state index is 0. The minimum atomic E-state index is -3.53. The molecule has 2 aromatic heterocycles. The fourth-order valence-corrected chi connectivity index (χ4v) is 2.72. The fraction of sp³-hybridized carbons (Fsp3) is 0.0526. The summed E-state index contributed by atoms with van der Waals surface area (Å²) in [6.07, 6.45) is 0. The molecule has 0 spiro atoms. The number of fused-ring (bicyclic) bond motifs is 2. The van der Waals surface area contributed by atoms with Crippen LogP contribution in [0.15, 0.2) is 60.7 Å². The second kappa shape index (κ2) is 6.58. The average Bonchev–Trinajstić information content (AvgIpc) is 2.62. The molecule has 0 N–H and O–H groups in total. The molecule has 0 radical (unpaired) electrons. The molecule has 0 atom stereocenters. The Bertz CT molecular complexity index is 1030. The Hall–Kier alpha value is -2.66. The van der Waals surface area contributed by atoms with Gasteiger partial charge in [-0.05, 0) is 22.9 Å². The number of aromatic nitrogens is 2. The molecule has 0 unspecified atom stereocenters. The van der Waals surface area contributed by atoms with Crippen LogP contribution in [0.1, 0.15) is 11.4 Å². The van der Waals surface area contributed by atoms with Crippen molar-refractivity contribution in [1.82, 2.24) is 9.97 Å². The molecule has 4 nitrogen and oxygen atoms in total. The summed E-state index contributed by atoms with van der Waals surface area (Å²) in [5, 5.41) is 24.7. The van der Waals surface area contributed by atoms with E-state index in [2.05, 4.69) is 9.97 Å². The fourth-order valence-electron chi connectivity index (χ4n) is 2.72. The van der Waals surface area contributed by atoms with Gasteiger partial charge in [-0.15, -0.1) is 0 Å². The molecule has 0 saturated heterocycles. The maximum absolute atomic E-state index is 14.9. The largest absolute Gasteiger partial charge is 2.00 e. The third-order valence-electron chi connectivity index (χ3n) is 4.01. The predicted octanol–water partition coefficient (Wildman–Crippen LogP) is 3.07. The van der Waals surface area contributed by atoms with Gasteiger partial charge in [-0.3, -0.25) is 0 Å². The van der Waals surface area contributed by atoms with Gasteiger partial charge < -0.3 is 10.2 Å². The van der Waals surface area contributed by atoms with E-state index in [1.165, 1.54) is 24.3 Å². The van der Waals surface area contributed by atoms with Crippen LogP contribution in [-0.2, 0) is 25.4 Å². The van der Waals surface area contributed by atoms with Crippen LogP contribution < -0.4 is 10.2 Å². The summed E-state index contributed by atoms with van der Waals surface area (Å²) in [5.74, 6) is -4.39. The van der Waals surface area contributed by atoms with Gasteiger partial charge in [0.1, 0.15) is 11.4 Å². The van der Waals surface area contributed by atoms with Gasteiger partial charge in [0.05, 0.1) is 11.0 Å². The Morgan fingerprint density at radius 1 is 0.654 bits per heavy atom. The van der Waals surface area contributed by atoms with Gasteiger partial charge in [0.25, 0.3) is 0 Å². The van der Waals surface area contributed by atoms with Crippen LogP contribution >= 0.6 is 0 Å². The summed E-state index contributed by atoms with van der Waals surface area (Å²) in [5.41, 5.74) is -1.22. The van der Waals surface area contributed by atoms with Crippen LogP contribution in [0.3, 0.4) is 0 Å². The van der Waals surface area contributed by atoms with Crippen molar-refractivity contribution in [3.8, 4) is 11.5 Å². The van der Waals surface area contributed by atoms with E-state index in [9.17, 15) is 19.0 Å². The molecule has 0 aliphatic rings. The topological polar surface area (TPSA) is 71.9 Å². The van der Waals surface area contributed by atoms with E-state index in [-0.39, 0.29) is 30.5 Å². The van der Waals surface area contributed by atoms with Crippen molar-refractivity contribution in [1.29, 1.82) is 0 Å². The van der Waals surface area contributed by atoms with Crippen LogP contribution in [0, 0.1) is 0 Å². The molecule has 7 heteroatoms. The summed E-state index contributed by atoms with van der Waals surface area (Å²) in [4.78, 5) is 7.69. The summed E-state index contributed by atoms with van der Waals surface area (Å²) in [7, 11) is 0. The number of halogens is 2. The van der Waals surface area contributed by atoms with Crippen LogP contribution in [0.25, 0.3) is 21.8 Å². The molecule has 2 aromatic carbocycles. The molecular weight excluding hydrogens is 392 g/mol. The molecule has 0 amide bonds. The number of para-hydroxylation sites is 2. The second-order valence-corrected chi connectivity index (χ2v) is 5.62. The summed E-state index contributed by atoms with van der Waals surface area (Å²) in [6.45, 7) is 0. The van der Waals surface area contributed by atoms with Gasteiger partial charge in [-0.1, -0.05) is 60.0 Å². The number of nitrogens with zero attached hydrogens (tertiary/aromatic N) is 2. The Balaban J connectivity index is 0.00000196. The first-order chi connectivity index (χ1) is 12.0. The van der Waals surface area contributed by atoms with Gasteiger partial charge in [0, 0.05) is 0 Å². The molecule has 0 fully saturated rings. The van der Waals surface area contributed by atoms with Gasteiger partial charge in [0.15, 0.2) is 0 Å². The van der Waals surface area contributed by atoms with Crippen molar-refractivity contribution in [3.05, 3.63) is 72.1 Å². The van der Waals surface area contributed by atoms with Gasteiger partial charge >= 0.3 is 25.4 Å². The van der Waals surface area contributed by atoms with E-state index >= 15 is 0 Å². The van der Waals surface area contributed by atoms with Crippen LogP contribution in [0.4, 0.5) is 8.78 Å². The van der Waals surface area contributed by atoms with E-state index in [1.807, 2.05) is 0 Å². The Kier molecular flexibility index (Phi) is 4.59. The van der Waals surface area contributed by atoms with Crippen molar-refractivity contribution in [2.24, 2.45) is 0 Å². The minimum Gasteiger partial charge on any atom is -0.871 e. The zero-order valence-corrected chi connectivity index (χ0v) is 16.4. The van der Waals surface area contributed by atoms with Crippen LogP contribution in [0.5, 0.6) is 11.5 Å². The molecular formula is C19H10F2N2O2Zn. The zero-order valence-electron chi connectivity index (χ0n) is 13.4. The first-order valence-corrected chi connectivity index (χ1v) is 7.49. The first-order valence-electron chi connectivity index (χ1n) is 7.49. The normalized spacial score (nSPS) is 11.5. The standard InChI is InChI=1S/C19H12F2N2O2.Zn/c20-19(21,15-9-7-11-3-1-5-13(24)17(11)22-15)16-10-8-12-4-2-6-14(25)18(12)23-16;/h1-10,24-25H;/q;+2/p-2. The number of hydrogen-bond acceptors (Lipinski definition) is 4. The SMILES string of the molecule is [O-]c1cccc2ccc(C(F)(F)c3ccc4cccc([O-])c4n3)nc12.[Zn+2]. The number of rotatable bonds is 2. The molecule has 26 heavy (non-hydrogen) atoms. The molecule has 4 aromatic rings. The van der Waals surface area contributed by atoms with Gasteiger partial charge in [-0.25, -0.2) is 9.97 Å².